The summed E-state index contributed by atoms with van der Waals surface area (Å²) in [4.78, 5) is 34.1. The molecule has 2 aromatic rings. The molecule has 8 heteroatoms. The van der Waals surface area contributed by atoms with Crippen LogP contribution in [0, 0.1) is 18.8 Å². The lowest BCUT2D eigenvalue weighted by Gasteiger charge is -2.34. The van der Waals surface area contributed by atoms with E-state index >= 15 is 0 Å². The molecule has 0 aliphatic carbocycles. The molecule has 0 N–H and O–H groups in total. The van der Waals surface area contributed by atoms with Gasteiger partial charge >= 0.3 is 5.97 Å². The van der Waals surface area contributed by atoms with E-state index < -0.39 is 5.97 Å². The predicted octanol–water partition coefficient (Wildman–Crippen LogP) is 1.09. The number of amides is 1. The molecule has 0 aromatic carbocycles. The quantitative estimate of drug-likeness (QED) is 0.782. The molecule has 0 bridgehead atoms. The third-order valence-corrected chi connectivity index (χ3v) is 4.16. The number of aryl methyl sites for hydroxylation is 1. The first-order valence-corrected chi connectivity index (χ1v) is 8.07. The number of nitrogens with zero attached hydrogens (tertiary/aromatic N) is 5. The zero-order valence-electron chi connectivity index (χ0n) is 14.1. The lowest BCUT2D eigenvalue weighted by molar-refractivity contribution is -0.137. The van der Waals surface area contributed by atoms with Crippen LogP contribution < -0.4 is 0 Å². The molecule has 1 aliphatic rings. The normalized spacial score (nSPS) is 21.0. The summed E-state index contributed by atoms with van der Waals surface area (Å²) in [6.45, 7) is 7.20. The van der Waals surface area contributed by atoms with Gasteiger partial charge in [0, 0.05) is 25.0 Å². The first-order chi connectivity index (χ1) is 11.4. The number of piperidine rings is 1. The summed E-state index contributed by atoms with van der Waals surface area (Å²) in [7, 11) is 0. The number of rotatable bonds is 3. The fourth-order valence-electron chi connectivity index (χ4n) is 3.14. The van der Waals surface area contributed by atoms with Gasteiger partial charge in [-0.2, -0.15) is 4.98 Å². The van der Waals surface area contributed by atoms with E-state index in [1.54, 1.807) is 17.2 Å². The first-order valence-electron chi connectivity index (χ1n) is 8.07. The molecular weight excluding hydrogens is 310 g/mol. The fourth-order valence-corrected chi connectivity index (χ4v) is 3.14. The van der Waals surface area contributed by atoms with Gasteiger partial charge in [-0.05, 0) is 31.2 Å². The van der Waals surface area contributed by atoms with Crippen LogP contribution in [0.2, 0.25) is 0 Å². The van der Waals surface area contributed by atoms with Crippen molar-refractivity contribution in [1.29, 1.82) is 0 Å². The Labute approximate surface area is 139 Å². The topological polar surface area (TPSA) is 89.7 Å². The highest BCUT2D eigenvalue weighted by Gasteiger charge is 2.26. The maximum atomic E-state index is 12.2. The maximum absolute atomic E-state index is 12.2. The number of hydrogen-bond acceptors (Lipinski definition) is 6. The van der Waals surface area contributed by atoms with Gasteiger partial charge in [-0.25, -0.2) is 14.3 Å². The number of fused-ring (bicyclic) bond motifs is 1. The molecule has 3 rings (SSSR count). The van der Waals surface area contributed by atoms with Crippen LogP contribution in [0.15, 0.2) is 12.3 Å². The zero-order chi connectivity index (χ0) is 17.3. The number of ether oxygens (including phenoxy) is 1. The van der Waals surface area contributed by atoms with Crippen LogP contribution in [0.3, 0.4) is 0 Å². The van der Waals surface area contributed by atoms with Crippen molar-refractivity contribution in [3.8, 4) is 0 Å². The fraction of sp³-hybridized carbons (Fsp3) is 0.562. The smallest absolute Gasteiger partial charge is 0.378 e. The van der Waals surface area contributed by atoms with E-state index in [0.29, 0.717) is 30.7 Å². The molecule has 1 fully saturated rings. The molecule has 2 atom stereocenters. The third kappa shape index (κ3) is 3.37. The second kappa shape index (κ2) is 6.54. The second-order valence-corrected chi connectivity index (χ2v) is 6.55. The molecule has 0 saturated carbocycles. The van der Waals surface area contributed by atoms with Gasteiger partial charge in [-0.1, -0.05) is 13.8 Å². The largest absolute Gasteiger partial charge is 0.450 e. The van der Waals surface area contributed by atoms with Gasteiger partial charge in [0.2, 0.25) is 0 Å². The first kappa shape index (κ1) is 16.4. The minimum absolute atomic E-state index is 0.0926. The van der Waals surface area contributed by atoms with E-state index in [4.69, 9.17) is 4.74 Å². The monoisotopic (exact) mass is 331 g/mol. The Kier molecular flexibility index (Phi) is 4.46. The molecule has 0 radical (unpaired) electrons. The Morgan fingerprint density at radius 1 is 1.29 bits per heavy atom. The Bertz CT molecular complexity index is 762. The number of esters is 1. The predicted molar refractivity (Wildman–Crippen MR) is 85.3 cm³/mol. The SMILES string of the molecule is Cc1ccnc2nc(C(=O)OCC(=O)N3CC(C)CC(C)C3)nn12. The molecule has 24 heavy (non-hydrogen) atoms. The van der Waals surface area contributed by atoms with Gasteiger partial charge < -0.3 is 9.64 Å². The summed E-state index contributed by atoms with van der Waals surface area (Å²) in [5.74, 6) is 0.258. The van der Waals surface area contributed by atoms with Gasteiger partial charge in [0.1, 0.15) is 0 Å². The van der Waals surface area contributed by atoms with Crippen molar-refractivity contribution in [2.75, 3.05) is 19.7 Å². The standard InChI is InChI=1S/C16H21N5O3/c1-10-6-11(2)8-20(7-10)13(22)9-24-15(23)14-18-16-17-5-4-12(3)21(16)19-14/h4-5,10-11H,6-9H2,1-3H3. The number of hydrogen-bond donors (Lipinski definition) is 0. The van der Waals surface area contributed by atoms with Crippen molar-refractivity contribution < 1.29 is 14.3 Å². The van der Waals surface area contributed by atoms with Crippen molar-refractivity contribution in [3.05, 3.63) is 23.8 Å². The van der Waals surface area contributed by atoms with E-state index in [9.17, 15) is 9.59 Å². The molecule has 2 aromatic heterocycles. The Morgan fingerprint density at radius 2 is 2.00 bits per heavy atom. The zero-order valence-corrected chi connectivity index (χ0v) is 14.1. The second-order valence-electron chi connectivity index (χ2n) is 6.55. The van der Waals surface area contributed by atoms with Crippen LogP contribution in [-0.2, 0) is 9.53 Å². The molecule has 1 aliphatic heterocycles. The Hall–Kier alpha value is -2.51. The van der Waals surface area contributed by atoms with Crippen molar-refractivity contribution in [2.24, 2.45) is 11.8 Å². The highest BCUT2D eigenvalue weighted by Crippen LogP contribution is 2.20. The van der Waals surface area contributed by atoms with Crippen molar-refractivity contribution in [1.82, 2.24) is 24.5 Å². The maximum Gasteiger partial charge on any atom is 0.378 e. The summed E-state index contributed by atoms with van der Waals surface area (Å²) in [6, 6.07) is 1.76. The lowest BCUT2D eigenvalue weighted by Crippen LogP contribution is -2.44. The average Bonchev–Trinajstić information content (AvgIpc) is 2.97. The van der Waals surface area contributed by atoms with Crippen LogP contribution in [0.5, 0.6) is 0 Å². The van der Waals surface area contributed by atoms with Gasteiger partial charge in [0.15, 0.2) is 6.61 Å². The number of aromatic nitrogens is 4. The van der Waals surface area contributed by atoms with Gasteiger partial charge in [-0.15, -0.1) is 5.10 Å². The van der Waals surface area contributed by atoms with Crippen molar-refractivity contribution in [2.45, 2.75) is 27.2 Å². The van der Waals surface area contributed by atoms with Crippen molar-refractivity contribution >= 4 is 17.7 Å². The van der Waals surface area contributed by atoms with Gasteiger partial charge in [0.05, 0.1) is 0 Å². The summed E-state index contributed by atoms with van der Waals surface area (Å²) in [5, 5.41) is 4.07. The van der Waals surface area contributed by atoms with Gasteiger partial charge in [0.25, 0.3) is 17.5 Å². The van der Waals surface area contributed by atoms with Crippen LogP contribution in [0.1, 0.15) is 36.6 Å². The molecule has 1 amide bonds. The van der Waals surface area contributed by atoms with E-state index in [-0.39, 0.29) is 18.3 Å². The van der Waals surface area contributed by atoms with E-state index in [2.05, 4.69) is 28.9 Å². The molecule has 1 saturated heterocycles. The number of carbonyl (C=O) groups is 2. The summed E-state index contributed by atoms with van der Waals surface area (Å²) in [6.07, 6.45) is 2.71. The van der Waals surface area contributed by atoms with Crippen LogP contribution in [0.25, 0.3) is 5.78 Å². The lowest BCUT2D eigenvalue weighted by atomic mass is 9.92. The Morgan fingerprint density at radius 3 is 2.67 bits per heavy atom. The molecule has 2 unspecified atom stereocenters. The molecule has 128 valence electrons. The van der Waals surface area contributed by atoms with Crippen LogP contribution in [-0.4, -0.2) is 56.1 Å². The highest BCUT2D eigenvalue weighted by molar-refractivity contribution is 5.88. The molecular formula is C16H21N5O3. The molecule has 3 heterocycles. The number of carbonyl (C=O) groups excluding carboxylic acids is 2. The average molecular weight is 331 g/mol. The van der Waals surface area contributed by atoms with Crippen LogP contribution in [0.4, 0.5) is 0 Å². The minimum Gasteiger partial charge on any atom is -0.450 e. The van der Waals surface area contributed by atoms with E-state index in [1.807, 2.05) is 6.92 Å². The van der Waals surface area contributed by atoms with E-state index in [1.165, 1.54) is 4.52 Å². The minimum atomic E-state index is -0.716. The Balaban J connectivity index is 1.62. The number of likely N-dealkylation sites (tertiary alicyclic amines) is 1. The molecule has 0 spiro atoms. The van der Waals surface area contributed by atoms with Crippen LogP contribution >= 0.6 is 0 Å². The van der Waals surface area contributed by atoms with Crippen molar-refractivity contribution in [3.63, 3.8) is 0 Å². The van der Waals surface area contributed by atoms with Gasteiger partial charge in [-0.3, -0.25) is 4.79 Å². The summed E-state index contributed by atoms with van der Waals surface area (Å²) in [5.41, 5.74) is 0.805. The summed E-state index contributed by atoms with van der Waals surface area (Å²) >= 11 is 0. The summed E-state index contributed by atoms with van der Waals surface area (Å²) < 4.78 is 6.55. The molecule has 8 nitrogen and oxygen atoms in total. The third-order valence-electron chi connectivity index (χ3n) is 4.16. The van der Waals surface area contributed by atoms with E-state index in [0.717, 1.165) is 12.1 Å². The highest BCUT2D eigenvalue weighted by atomic mass is 16.5.